The van der Waals surface area contributed by atoms with Crippen LogP contribution >= 0.6 is 0 Å². The van der Waals surface area contributed by atoms with Crippen LogP contribution in [0.25, 0.3) is 0 Å². The van der Waals surface area contributed by atoms with E-state index < -0.39 is 5.97 Å². The number of carboxylic acid groups (broad SMARTS) is 1. The van der Waals surface area contributed by atoms with Crippen molar-refractivity contribution < 1.29 is 19.5 Å². The van der Waals surface area contributed by atoms with Crippen LogP contribution in [-0.2, 0) is 14.4 Å². The van der Waals surface area contributed by atoms with Gasteiger partial charge in [0.25, 0.3) is 0 Å². The normalized spacial score (nSPS) is 26.7. The van der Waals surface area contributed by atoms with Crippen molar-refractivity contribution >= 4 is 17.7 Å². The first-order valence-electron chi connectivity index (χ1n) is 7.83. The fraction of sp³-hybridized carbons (Fsp3) is 0.471. The molecule has 3 aliphatic rings. The summed E-state index contributed by atoms with van der Waals surface area (Å²) in [6.07, 6.45) is 6.80. The Balaban J connectivity index is 1.97. The molecule has 122 valence electrons. The molecule has 1 amide bonds. The summed E-state index contributed by atoms with van der Waals surface area (Å²) in [5.41, 5.74) is 2.35. The molecule has 1 aliphatic carbocycles. The average Bonchev–Trinajstić information content (AvgIpc) is 3.04. The van der Waals surface area contributed by atoms with Gasteiger partial charge in [-0.2, -0.15) is 0 Å². The number of hydrogen-bond acceptors (Lipinski definition) is 4. The minimum atomic E-state index is -0.942. The third-order valence-corrected chi connectivity index (χ3v) is 4.77. The Morgan fingerprint density at radius 2 is 2.00 bits per heavy atom. The van der Waals surface area contributed by atoms with Gasteiger partial charge in [-0.15, -0.1) is 0 Å². The highest BCUT2D eigenvalue weighted by atomic mass is 16.4. The molecule has 1 fully saturated rings. The number of carbonyl (C=O) groups is 3. The van der Waals surface area contributed by atoms with E-state index in [9.17, 15) is 14.4 Å². The average molecular weight is 316 g/mol. The number of aliphatic carboxylic acids is 1. The number of carbonyl (C=O) groups excluding carboxylic acids is 2. The first kappa shape index (κ1) is 15.5. The van der Waals surface area contributed by atoms with Crippen molar-refractivity contribution in [3.8, 4) is 0 Å². The van der Waals surface area contributed by atoms with Crippen LogP contribution in [0.15, 0.2) is 35.3 Å². The van der Waals surface area contributed by atoms with E-state index in [0.717, 1.165) is 17.8 Å². The molecule has 0 radical (unpaired) electrons. The fourth-order valence-corrected chi connectivity index (χ4v) is 3.73. The Morgan fingerprint density at radius 1 is 1.30 bits per heavy atom. The van der Waals surface area contributed by atoms with E-state index in [1.807, 2.05) is 19.1 Å². The number of nitrogens with zero attached hydrogens (tertiary/aromatic N) is 2. The molecule has 2 atom stereocenters. The first-order chi connectivity index (χ1) is 10.9. The summed E-state index contributed by atoms with van der Waals surface area (Å²) in [5, 5.41) is 9.06. The van der Waals surface area contributed by atoms with Crippen LogP contribution in [0.3, 0.4) is 0 Å². The van der Waals surface area contributed by atoms with Crippen molar-refractivity contribution in [3.05, 3.63) is 35.3 Å². The number of allylic oxidation sites excluding steroid dienone is 4. The molecule has 0 bridgehead atoms. The van der Waals surface area contributed by atoms with Gasteiger partial charge in [-0.25, -0.2) is 0 Å². The van der Waals surface area contributed by atoms with Gasteiger partial charge in [0.05, 0.1) is 0 Å². The Bertz CT molecular complexity index is 674. The van der Waals surface area contributed by atoms with Crippen LogP contribution in [-0.4, -0.2) is 45.7 Å². The molecule has 6 heteroatoms. The van der Waals surface area contributed by atoms with Crippen molar-refractivity contribution in [1.82, 2.24) is 9.80 Å². The van der Waals surface area contributed by atoms with E-state index >= 15 is 0 Å². The van der Waals surface area contributed by atoms with Crippen molar-refractivity contribution in [1.29, 1.82) is 0 Å². The Hall–Kier alpha value is -2.37. The topological polar surface area (TPSA) is 77.9 Å². The zero-order chi connectivity index (χ0) is 16.7. The second kappa shape index (κ2) is 5.68. The van der Waals surface area contributed by atoms with Gasteiger partial charge in [0.15, 0.2) is 5.78 Å². The summed E-state index contributed by atoms with van der Waals surface area (Å²) in [5.74, 6) is -1.10. The molecule has 0 saturated carbocycles. The molecule has 2 unspecified atom stereocenters. The van der Waals surface area contributed by atoms with Gasteiger partial charge in [-0.05, 0) is 25.5 Å². The predicted molar refractivity (Wildman–Crippen MR) is 82.9 cm³/mol. The molecule has 0 aromatic heterocycles. The molecule has 1 N–H and O–H groups in total. The number of carboxylic acids is 1. The Kier molecular flexibility index (Phi) is 3.83. The number of Topliss-reactive ketones (excluding diaryl/α,β-unsaturated/α-hetero) is 1. The van der Waals surface area contributed by atoms with Crippen LogP contribution in [0.5, 0.6) is 0 Å². The Labute approximate surface area is 134 Å². The van der Waals surface area contributed by atoms with Crippen LogP contribution in [0.4, 0.5) is 0 Å². The molecule has 0 aromatic rings. The van der Waals surface area contributed by atoms with Gasteiger partial charge in [0.1, 0.15) is 6.54 Å². The van der Waals surface area contributed by atoms with Crippen LogP contribution in [0.1, 0.15) is 26.7 Å². The lowest BCUT2D eigenvalue weighted by molar-refractivity contribution is -0.137. The van der Waals surface area contributed by atoms with Gasteiger partial charge < -0.3 is 14.9 Å². The van der Waals surface area contributed by atoms with Crippen LogP contribution < -0.4 is 0 Å². The van der Waals surface area contributed by atoms with Crippen LogP contribution in [0.2, 0.25) is 0 Å². The van der Waals surface area contributed by atoms with Gasteiger partial charge in [0.2, 0.25) is 5.91 Å². The Morgan fingerprint density at radius 3 is 2.57 bits per heavy atom. The van der Waals surface area contributed by atoms with E-state index in [2.05, 4.69) is 0 Å². The molecular formula is C17H20N2O4. The zero-order valence-electron chi connectivity index (χ0n) is 13.3. The third kappa shape index (κ3) is 2.58. The van der Waals surface area contributed by atoms with Crippen molar-refractivity contribution in [3.63, 3.8) is 0 Å². The number of amides is 1. The van der Waals surface area contributed by atoms with E-state index in [1.54, 1.807) is 16.0 Å². The molecule has 6 nitrogen and oxygen atoms in total. The molecule has 2 heterocycles. The van der Waals surface area contributed by atoms with Gasteiger partial charge in [-0.1, -0.05) is 6.92 Å². The molecule has 1 saturated heterocycles. The molecule has 0 aromatic carbocycles. The predicted octanol–water partition coefficient (Wildman–Crippen LogP) is 1.52. The summed E-state index contributed by atoms with van der Waals surface area (Å²) in [6, 6.07) is 0. The summed E-state index contributed by atoms with van der Waals surface area (Å²) in [7, 11) is 0. The molecule has 3 rings (SSSR count). The van der Waals surface area contributed by atoms with Crippen LogP contribution in [0, 0.1) is 11.8 Å². The maximum atomic E-state index is 12.0. The fourth-order valence-electron chi connectivity index (χ4n) is 3.73. The monoisotopic (exact) mass is 316 g/mol. The van der Waals surface area contributed by atoms with Crippen molar-refractivity contribution in [2.24, 2.45) is 11.8 Å². The zero-order valence-corrected chi connectivity index (χ0v) is 13.3. The SMILES string of the molecule is CC(=O)C1=CN(CC(=O)O)C2=CC=C(N3CCCC3=O)C(C)C12. The molecule has 23 heavy (non-hydrogen) atoms. The number of fused-ring (bicyclic) bond motifs is 1. The number of hydrogen-bond donors (Lipinski definition) is 1. The largest absolute Gasteiger partial charge is 0.480 e. The first-order valence-corrected chi connectivity index (χ1v) is 7.83. The summed E-state index contributed by atoms with van der Waals surface area (Å²) < 4.78 is 0. The van der Waals surface area contributed by atoms with E-state index in [0.29, 0.717) is 18.5 Å². The highest BCUT2D eigenvalue weighted by Gasteiger charge is 2.41. The number of ketones is 1. The smallest absolute Gasteiger partial charge is 0.323 e. The van der Waals surface area contributed by atoms with E-state index in [4.69, 9.17) is 5.11 Å². The lowest BCUT2D eigenvalue weighted by Crippen LogP contribution is -2.35. The summed E-state index contributed by atoms with van der Waals surface area (Å²) in [4.78, 5) is 38.5. The lowest BCUT2D eigenvalue weighted by Gasteiger charge is -2.34. The minimum absolute atomic E-state index is 0.0361. The standard InChI is InChI=1S/C17H20N2O4/c1-10-13(19-7-3-4-15(19)21)5-6-14-17(10)12(11(2)20)8-18(14)9-16(22)23/h5-6,8,10,17H,3-4,7,9H2,1-2H3,(H,22,23). The van der Waals surface area contributed by atoms with E-state index in [-0.39, 0.29) is 30.1 Å². The lowest BCUT2D eigenvalue weighted by atomic mass is 9.79. The molecule has 2 aliphatic heterocycles. The third-order valence-electron chi connectivity index (χ3n) is 4.77. The quantitative estimate of drug-likeness (QED) is 0.851. The molecular weight excluding hydrogens is 296 g/mol. The van der Waals surface area contributed by atoms with Crippen molar-refractivity contribution in [2.75, 3.05) is 13.1 Å². The number of likely N-dealkylation sites (tertiary alicyclic amines) is 1. The van der Waals surface area contributed by atoms with Gasteiger partial charge in [0, 0.05) is 48.0 Å². The molecule has 0 spiro atoms. The highest BCUT2D eigenvalue weighted by molar-refractivity contribution is 5.95. The maximum Gasteiger partial charge on any atom is 0.323 e. The summed E-state index contributed by atoms with van der Waals surface area (Å²) in [6.45, 7) is 4.04. The van der Waals surface area contributed by atoms with Gasteiger partial charge >= 0.3 is 5.97 Å². The second-order valence-corrected chi connectivity index (χ2v) is 6.26. The minimum Gasteiger partial charge on any atom is -0.480 e. The highest BCUT2D eigenvalue weighted by Crippen LogP contribution is 2.44. The summed E-state index contributed by atoms with van der Waals surface area (Å²) >= 11 is 0. The number of rotatable bonds is 4. The van der Waals surface area contributed by atoms with E-state index in [1.165, 1.54) is 6.92 Å². The second-order valence-electron chi connectivity index (χ2n) is 6.26. The maximum absolute atomic E-state index is 12.0. The van der Waals surface area contributed by atoms with Gasteiger partial charge in [-0.3, -0.25) is 14.4 Å². The van der Waals surface area contributed by atoms with Crippen molar-refractivity contribution in [2.45, 2.75) is 26.7 Å².